The summed E-state index contributed by atoms with van der Waals surface area (Å²) in [7, 11) is 0. The first kappa shape index (κ1) is 17.2. The molecular weight excluding hydrogens is 332 g/mol. The van der Waals surface area contributed by atoms with Crippen LogP contribution in [0.2, 0.25) is 0 Å². The van der Waals surface area contributed by atoms with Crippen molar-refractivity contribution in [1.82, 2.24) is 19.9 Å². The molecule has 4 heterocycles. The summed E-state index contributed by atoms with van der Waals surface area (Å²) >= 11 is 0. The summed E-state index contributed by atoms with van der Waals surface area (Å²) in [6, 6.07) is 5.78. The summed E-state index contributed by atoms with van der Waals surface area (Å²) in [4.78, 5) is 21.1. The zero-order valence-electron chi connectivity index (χ0n) is 15.0. The molecule has 1 amide bonds. The second-order valence-electron chi connectivity index (χ2n) is 7.13. The Kier molecular flexibility index (Phi) is 4.99. The Bertz CT molecular complexity index is 748. The Balaban J connectivity index is 1.38. The quantitative estimate of drug-likeness (QED) is 0.834. The lowest BCUT2D eigenvalue weighted by Crippen LogP contribution is -2.49. The molecule has 0 radical (unpaired) electrons. The highest BCUT2D eigenvalue weighted by atomic mass is 16.5. The number of hydrogen-bond acceptors (Lipinski definition) is 6. The minimum Gasteiger partial charge on any atom is -0.375 e. The van der Waals surface area contributed by atoms with Crippen molar-refractivity contribution in [1.29, 1.82) is 0 Å². The molecule has 2 atom stereocenters. The number of nitrogens with zero attached hydrogens (tertiary/aromatic N) is 4. The van der Waals surface area contributed by atoms with E-state index in [2.05, 4.69) is 21.1 Å². The van der Waals surface area contributed by atoms with E-state index in [1.54, 1.807) is 19.2 Å². The molecule has 0 saturated carbocycles. The van der Waals surface area contributed by atoms with Crippen molar-refractivity contribution < 1.29 is 14.1 Å². The van der Waals surface area contributed by atoms with Crippen LogP contribution in [-0.2, 0) is 11.3 Å². The second kappa shape index (κ2) is 7.55. The van der Waals surface area contributed by atoms with Crippen LogP contribution in [0.5, 0.6) is 0 Å². The van der Waals surface area contributed by atoms with Crippen LogP contribution in [0.4, 0.5) is 0 Å². The number of hydrogen-bond donors (Lipinski definition) is 0. The number of carbonyl (C=O) groups is 1. The second-order valence-corrected chi connectivity index (χ2v) is 7.13. The molecule has 2 aromatic rings. The fourth-order valence-corrected chi connectivity index (χ4v) is 3.83. The largest absolute Gasteiger partial charge is 0.375 e. The SMILES string of the molecule is Cc1cc(C(=O)N2CC[C@H]3CN(Cc4cccnc4)CCO[C@H]3C2)no1. The maximum absolute atomic E-state index is 12.6. The van der Waals surface area contributed by atoms with Crippen LogP contribution in [-0.4, -0.2) is 64.7 Å². The van der Waals surface area contributed by atoms with Crippen molar-refractivity contribution in [3.63, 3.8) is 0 Å². The molecule has 7 nitrogen and oxygen atoms in total. The van der Waals surface area contributed by atoms with Gasteiger partial charge in [0.15, 0.2) is 5.69 Å². The van der Waals surface area contributed by atoms with Crippen molar-refractivity contribution in [3.05, 3.63) is 47.6 Å². The van der Waals surface area contributed by atoms with Gasteiger partial charge in [0, 0.05) is 57.1 Å². The van der Waals surface area contributed by atoms with Gasteiger partial charge in [-0.15, -0.1) is 0 Å². The molecule has 0 spiro atoms. The highest BCUT2D eigenvalue weighted by molar-refractivity contribution is 5.92. The fraction of sp³-hybridized carbons (Fsp3) is 0.526. The van der Waals surface area contributed by atoms with E-state index >= 15 is 0 Å². The first-order chi connectivity index (χ1) is 12.7. The molecule has 26 heavy (non-hydrogen) atoms. The summed E-state index contributed by atoms with van der Waals surface area (Å²) in [6.07, 6.45) is 4.75. The lowest BCUT2D eigenvalue weighted by atomic mass is 9.93. The van der Waals surface area contributed by atoms with Crippen molar-refractivity contribution >= 4 is 5.91 Å². The average molecular weight is 356 g/mol. The van der Waals surface area contributed by atoms with E-state index in [0.29, 0.717) is 30.5 Å². The molecule has 0 N–H and O–H groups in total. The van der Waals surface area contributed by atoms with Gasteiger partial charge in [-0.05, 0) is 25.0 Å². The minimum absolute atomic E-state index is 0.0691. The van der Waals surface area contributed by atoms with Gasteiger partial charge in [-0.1, -0.05) is 11.2 Å². The zero-order valence-corrected chi connectivity index (χ0v) is 15.0. The standard InChI is InChI=1S/C19H24N4O3/c1-14-9-17(21-26-14)19(24)23-6-4-16-12-22(7-8-25-18(16)13-23)11-15-3-2-5-20-10-15/h2-3,5,9-10,16,18H,4,6-8,11-13H2,1H3/t16-,18-/m0/s1. The van der Waals surface area contributed by atoms with Crippen LogP contribution < -0.4 is 0 Å². The molecule has 138 valence electrons. The molecule has 0 unspecified atom stereocenters. The normalized spacial score (nSPS) is 24.1. The number of pyridine rings is 1. The Morgan fingerprint density at radius 2 is 2.27 bits per heavy atom. The highest BCUT2D eigenvalue weighted by Crippen LogP contribution is 2.25. The molecule has 4 rings (SSSR count). The molecule has 7 heteroatoms. The lowest BCUT2D eigenvalue weighted by molar-refractivity contribution is -0.0173. The number of fused-ring (bicyclic) bond motifs is 1. The van der Waals surface area contributed by atoms with Crippen LogP contribution in [0.25, 0.3) is 0 Å². The number of carbonyl (C=O) groups excluding carboxylic acids is 1. The van der Waals surface area contributed by atoms with E-state index in [-0.39, 0.29) is 12.0 Å². The van der Waals surface area contributed by atoms with Crippen molar-refractivity contribution in [3.8, 4) is 0 Å². The van der Waals surface area contributed by atoms with E-state index in [1.807, 2.05) is 17.2 Å². The van der Waals surface area contributed by atoms with Gasteiger partial charge < -0.3 is 14.2 Å². The van der Waals surface area contributed by atoms with E-state index in [0.717, 1.165) is 32.6 Å². The number of ether oxygens (including phenoxy) is 1. The summed E-state index contributed by atoms with van der Waals surface area (Å²) < 4.78 is 11.1. The number of likely N-dealkylation sites (tertiary alicyclic amines) is 1. The van der Waals surface area contributed by atoms with Gasteiger partial charge in [0.1, 0.15) is 5.76 Å². The van der Waals surface area contributed by atoms with Crippen molar-refractivity contribution in [2.45, 2.75) is 26.0 Å². The summed E-state index contributed by atoms with van der Waals surface area (Å²) in [5, 5.41) is 3.85. The van der Waals surface area contributed by atoms with Gasteiger partial charge in [-0.2, -0.15) is 0 Å². The molecule has 2 aromatic heterocycles. The first-order valence-corrected chi connectivity index (χ1v) is 9.14. The van der Waals surface area contributed by atoms with Gasteiger partial charge in [0.05, 0.1) is 12.7 Å². The first-order valence-electron chi connectivity index (χ1n) is 9.14. The van der Waals surface area contributed by atoms with Gasteiger partial charge in [0.25, 0.3) is 5.91 Å². The number of aromatic nitrogens is 2. The summed E-state index contributed by atoms with van der Waals surface area (Å²) in [6.45, 7) is 6.62. The van der Waals surface area contributed by atoms with Crippen molar-refractivity contribution in [2.24, 2.45) is 5.92 Å². The molecule has 0 aliphatic carbocycles. The van der Waals surface area contributed by atoms with Crippen LogP contribution in [0.1, 0.15) is 28.2 Å². The van der Waals surface area contributed by atoms with Crippen LogP contribution in [0, 0.1) is 12.8 Å². The van der Waals surface area contributed by atoms with Crippen molar-refractivity contribution in [2.75, 3.05) is 32.8 Å². The molecule has 0 bridgehead atoms. The van der Waals surface area contributed by atoms with Gasteiger partial charge in [0.2, 0.25) is 0 Å². The molecule has 2 aliphatic heterocycles. The molecule has 2 saturated heterocycles. The summed E-state index contributed by atoms with van der Waals surface area (Å²) in [5.41, 5.74) is 1.60. The highest BCUT2D eigenvalue weighted by Gasteiger charge is 2.35. The number of piperidine rings is 1. The van der Waals surface area contributed by atoms with Gasteiger partial charge >= 0.3 is 0 Å². The third kappa shape index (κ3) is 3.78. The third-order valence-electron chi connectivity index (χ3n) is 5.19. The predicted molar refractivity (Wildman–Crippen MR) is 94.5 cm³/mol. The lowest BCUT2D eigenvalue weighted by Gasteiger charge is -2.37. The van der Waals surface area contributed by atoms with Gasteiger partial charge in [-0.25, -0.2) is 0 Å². The van der Waals surface area contributed by atoms with E-state index in [9.17, 15) is 4.79 Å². The van der Waals surface area contributed by atoms with E-state index in [1.165, 1.54) is 5.56 Å². The number of rotatable bonds is 3. The van der Waals surface area contributed by atoms with E-state index in [4.69, 9.17) is 9.26 Å². The molecular formula is C19H24N4O3. The van der Waals surface area contributed by atoms with Crippen LogP contribution in [0.3, 0.4) is 0 Å². The minimum atomic E-state index is -0.0691. The zero-order chi connectivity index (χ0) is 17.9. The Labute approximate surface area is 152 Å². The molecule has 2 fully saturated rings. The summed E-state index contributed by atoms with van der Waals surface area (Å²) in [5.74, 6) is 1.03. The Morgan fingerprint density at radius 1 is 1.35 bits per heavy atom. The fourth-order valence-electron chi connectivity index (χ4n) is 3.83. The Hall–Kier alpha value is -2.25. The predicted octanol–water partition coefficient (Wildman–Crippen LogP) is 1.74. The molecule has 0 aromatic carbocycles. The van der Waals surface area contributed by atoms with Gasteiger partial charge in [-0.3, -0.25) is 14.7 Å². The maximum atomic E-state index is 12.6. The molecule has 2 aliphatic rings. The number of amides is 1. The average Bonchev–Trinajstić information content (AvgIpc) is 2.99. The maximum Gasteiger partial charge on any atom is 0.276 e. The smallest absolute Gasteiger partial charge is 0.276 e. The Morgan fingerprint density at radius 3 is 3.04 bits per heavy atom. The topological polar surface area (TPSA) is 71.7 Å². The van der Waals surface area contributed by atoms with Crippen LogP contribution >= 0.6 is 0 Å². The third-order valence-corrected chi connectivity index (χ3v) is 5.19. The number of aryl methyl sites for hydroxylation is 1. The van der Waals surface area contributed by atoms with Crippen LogP contribution in [0.15, 0.2) is 35.1 Å². The monoisotopic (exact) mass is 356 g/mol. The van der Waals surface area contributed by atoms with E-state index < -0.39 is 0 Å².